The highest BCUT2D eigenvalue weighted by molar-refractivity contribution is 8.76. The molecule has 0 saturated carbocycles. The number of carboxylic acid groups (broad SMARTS) is 2. The monoisotopic (exact) mass is 466 g/mol. The molecule has 10 nitrogen and oxygen atoms in total. The van der Waals surface area contributed by atoms with Gasteiger partial charge in [-0.15, -0.1) is 0 Å². The van der Waals surface area contributed by atoms with E-state index in [9.17, 15) is 29.4 Å². The van der Waals surface area contributed by atoms with Crippen molar-refractivity contribution in [1.82, 2.24) is 10.6 Å². The minimum absolute atomic E-state index is 0.0986. The van der Waals surface area contributed by atoms with E-state index < -0.39 is 47.9 Å². The Morgan fingerprint density at radius 2 is 1.03 bits per heavy atom. The summed E-state index contributed by atoms with van der Waals surface area (Å²) in [5.74, 6) is -2.75. The van der Waals surface area contributed by atoms with Gasteiger partial charge in [0.15, 0.2) is 0 Å². The van der Waals surface area contributed by atoms with Crippen LogP contribution >= 0.6 is 21.6 Å². The highest BCUT2D eigenvalue weighted by atomic mass is 33.1. The maximum absolute atomic E-state index is 12.1. The zero-order chi connectivity index (χ0) is 23.4. The lowest BCUT2D eigenvalue weighted by Crippen LogP contribution is -2.50. The Morgan fingerprint density at radius 3 is 1.27 bits per heavy atom. The second-order valence-electron chi connectivity index (χ2n) is 7.84. The van der Waals surface area contributed by atoms with Crippen molar-refractivity contribution in [1.29, 1.82) is 0 Å². The van der Waals surface area contributed by atoms with Crippen LogP contribution in [0.15, 0.2) is 0 Å². The van der Waals surface area contributed by atoms with Gasteiger partial charge < -0.3 is 32.3 Å². The van der Waals surface area contributed by atoms with Crippen molar-refractivity contribution in [3.8, 4) is 0 Å². The third-order valence-electron chi connectivity index (χ3n) is 3.90. The number of nitrogens with one attached hydrogen (secondary N) is 2. The molecule has 0 aliphatic rings. The number of aliphatic carboxylic acids is 2. The lowest BCUT2D eigenvalue weighted by Gasteiger charge is -2.20. The number of hydrogen-bond donors (Lipinski definition) is 6. The fourth-order valence-electron chi connectivity index (χ4n) is 2.34. The Kier molecular flexibility index (Phi) is 13.8. The fourth-order valence-corrected chi connectivity index (χ4v) is 4.58. The van der Waals surface area contributed by atoms with E-state index in [1.165, 1.54) is 21.6 Å². The van der Waals surface area contributed by atoms with Gasteiger partial charge in [0.1, 0.15) is 12.1 Å². The number of rotatable bonds is 15. The van der Waals surface area contributed by atoms with E-state index in [2.05, 4.69) is 10.6 Å². The maximum atomic E-state index is 12.1. The summed E-state index contributed by atoms with van der Waals surface area (Å²) in [6, 6.07) is -3.81. The van der Waals surface area contributed by atoms with Crippen molar-refractivity contribution < 1.29 is 29.4 Å². The number of carbonyl (C=O) groups is 4. The smallest absolute Gasteiger partial charge is 0.326 e. The summed E-state index contributed by atoms with van der Waals surface area (Å²) in [4.78, 5) is 46.6. The number of carboxylic acids is 2. The van der Waals surface area contributed by atoms with Crippen molar-refractivity contribution in [2.45, 2.75) is 64.7 Å². The topological polar surface area (TPSA) is 185 Å². The molecule has 0 rings (SSSR count). The average molecular weight is 467 g/mol. The van der Waals surface area contributed by atoms with Crippen molar-refractivity contribution in [3.63, 3.8) is 0 Å². The maximum Gasteiger partial charge on any atom is 0.326 e. The highest BCUT2D eigenvalue weighted by Crippen LogP contribution is 2.22. The Balaban J connectivity index is 4.36. The summed E-state index contributed by atoms with van der Waals surface area (Å²) in [5.41, 5.74) is 11.6. The molecule has 4 atom stereocenters. The first kappa shape index (κ1) is 28.5. The molecule has 0 aromatic heterocycles. The van der Waals surface area contributed by atoms with Crippen molar-refractivity contribution >= 4 is 45.3 Å². The van der Waals surface area contributed by atoms with Crippen LogP contribution in [0.5, 0.6) is 0 Å². The molecular formula is C18H34N4O6S2. The van der Waals surface area contributed by atoms with E-state index in [-0.39, 0.29) is 23.3 Å². The second-order valence-corrected chi connectivity index (χ2v) is 10.4. The summed E-state index contributed by atoms with van der Waals surface area (Å²) in [5, 5.41) is 23.2. The van der Waals surface area contributed by atoms with Gasteiger partial charge in [0.25, 0.3) is 0 Å². The minimum atomic E-state index is -1.11. The third kappa shape index (κ3) is 12.3. The molecule has 0 radical (unpaired) electrons. The quantitative estimate of drug-likeness (QED) is 0.144. The summed E-state index contributed by atoms with van der Waals surface area (Å²) < 4.78 is 0. The molecule has 0 unspecified atom stereocenters. The number of amides is 2. The Labute approximate surface area is 185 Å². The second kappa shape index (κ2) is 14.5. The van der Waals surface area contributed by atoms with Gasteiger partial charge >= 0.3 is 11.9 Å². The largest absolute Gasteiger partial charge is 0.480 e. The Bertz CT molecular complexity index is 541. The van der Waals surface area contributed by atoms with Crippen LogP contribution in [0.2, 0.25) is 0 Å². The number of carbonyl (C=O) groups excluding carboxylic acids is 2. The Morgan fingerprint density at radius 1 is 0.733 bits per heavy atom. The average Bonchev–Trinajstić information content (AvgIpc) is 2.62. The Hall–Kier alpha value is -1.50. The first-order chi connectivity index (χ1) is 13.8. The summed E-state index contributed by atoms with van der Waals surface area (Å²) in [7, 11) is 2.46. The molecule has 2 amide bonds. The number of nitrogens with two attached hydrogens (primary N) is 2. The highest BCUT2D eigenvalue weighted by Gasteiger charge is 2.25. The zero-order valence-corrected chi connectivity index (χ0v) is 19.4. The first-order valence-electron chi connectivity index (χ1n) is 9.67. The predicted octanol–water partition coefficient (Wildman–Crippen LogP) is 0.253. The third-order valence-corrected chi connectivity index (χ3v) is 6.37. The van der Waals surface area contributed by atoms with E-state index in [1.54, 1.807) is 0 Å². The van der Waals surface area contributed by atoms with Crippen LogP contribution in [0.3, 0.4) is 0 Å². The molecule has 0 aliphatic heterocycles. The van der Waals surface area contributed by atoms with Crippen LogP contribution in [0.1, 0.15) is 40.5 Å². The van der Waals surface area contributed by atoms with E-state index in [0.717, 1.165) is 0 Å². The van der Waals surface area contributed by atoms with Gasteiger partial charge in [-0.25, -0.2) is 9.59 Å². The molecule has 0 aromatic rings. The van der Waals surface area contributed by atoms with Crippen LogP contribution in [0, 0.1) is 11.8 Å². The fraction of sp³-hybridized carbons (Fsp3) is 0.778. The molecule has 0 bridgehead atoms. The normalized spacial score (nSPS) is 15.3. The lowest BCUT2D eigenvalue weighted by molar-refractivity contribution is -0.142. The van der Waals surface area contributed by atoms with Gasteiger partial charge in [-0.05, 0) is 24.7 Å². The molecule has 12 heteroatoms. The van der Waals surface area contributed by atoms with Gasteiger partial charge in [0, 0.05) is 11.5 Å². The van der Waals surface area contributed by atoms with Crippen LogP contribution in [0.4, 0.5) is 0 Å². The van der Waals surface area contributed by atoms with Gasteiger partial charge in [-0.3, -0.25) is 9.59 Å². The summed E-state index contributed by atoms with van der Waals surface area (Å²) in [6.07, 6.45) is 0.599. The van der Waals surface area contributed by atoms with Crippen molar-refractivity contribution in [3.05, 3.63) is 0 Å². The van der Waals surface area contributed by atoms with Crippen LogP contribution < -0.4 is 22.1 Å². The van der Waals surface area contributed by atoms with E-state index in [0.29, 0.717) is 12.8 Å². The zero-order valence-electron chi connectivity index (χ0n) is 17.8. The van der Waals surface area contributed by atoms with E-state index in [1.807, 2.05) is 27.7 Å². The predicted molar refractivity (Wildman–Crippen MR) is 119 cm³/mol. The van der Waals surface area contributed by atoms with Crippen LogP contribution in [-0.4, -0.2) is 69.6 Å². The molecule has 0 fully saturated rings. The molecule has 174 valence electrons. The molecular weight excluding hydrogens is 432 g/mol. The van der Waals surface area contributed by atoms with Gasteiger partial charge in [-0.1, -0.05) is 49.3 Å². The minimum Gasteiger partial charge on any atom is -0.480 e. The SMILES string of the molecule is CC(C)C[C@H](NC(=O)[C@H](N)CSSC[C@H](N)C(=O)N[C@H](CC(C)C)C(=O)O)C(=O)O. The van der Waals surface area contributed by atoms with Gasteiger partial charge in [-0.2, -0.15) is 0 Å². The van der Waals surface area contributed by atoms with Gasteiger partial charge in [0.05, 0.1) is 12.1 Å². The van der Waals surface area contributed by atoms with Crippen LogP contribution in [-0.2, 0) is 19.2 Å². The molecule has 0 spiro atoms. The molecule has 0 saturated heterocycles. The van der Waals surface area contributed by atoms with Crippen LogP contribution in [0.25, 0.3) is 0 Å². The molecule has 8 N–H and O–H groups in total. The lowest BCUT2D eigenvalue weighted by atomic mass is 10.0. The van der Waals surface area contributed by atoms with E-state index >= 15 is 0 Å². The van der Waals surface area contributed by atoms with Gasteiger partial charge in [0.2, 0.25) is 11.8 Å². The molecule has 30 heavy (non-hydrogen) atoms. The van der Waals surface area contributed by atoms with Crippen molar-refractivity contribution in [2.75, 3.05) is 11.5 Å². The van der Waals surface area contributed by atoms with E-state index in [4.69, 9.17) is 11.5 Å². The molecule has 0 heterocycles. The molecule has 0 aliphatic carbocycles. The van der Waals surface area contributed by atoms with Crippen molar-refractivity contribution in [2.24, 2.45) is 23.3 Å². The first-order valence-corrected chi connectivity index (χ1v) is 12.2. The standard InChI is InChI=1S/C18H34N4O6S2/c1-9(2)5-13(17(25)26)21-15(23)11(19)7-29-30-8-12(20)16(24)22-14(18(27)28)6-10(3)4/h9-14H,5-8,19-20H2,1-4H3,(H,21,23)(H,22,24)(H,25,26)(H,27,28)/t11-,12+,13+,14-. The summed E-state index contributed by atoms with van der Waals surface area (Å²) >= 11 is 0. The summed E-state index contributed by atoms with van der Waals surface area (Å²) in [6.45, 7) is 7.43. The molecule has 0 aromatic carbocycles. The number of hydrogen-bond acceptors (Lipinski definition) is 8.